The summed E-state index contributed by atoms with van der Waals surface area (Å²) in [5.74, 6) is 0.351. The fraction of sp³-hybridized carbons (Fsp3) is 0.423. The Kier molecular flexibility index (Phi) is 8.53. The molecule has 194 valence electrons. The zero-order chi connectivity index (χ0) is 26.7. The van der Waals surface area contributed by atoms with Crippen molar-refractivity contribution in [3.05, 3.63) is 42.6 Å². The first-order valence-corrected chi connectivity index (χ1v) is 16.8. The molecule has 10 heteroatoms. The molecule has 36 heavy (non-hydrogen) atoms. The van der Waals surface area contributed by atoms with Crippen LogP contribution in [0.5, 0.6) is 0 Å². The lowest BCUT2D eigenvalue weighted by Crippen LogP contribution is -2.45. The topological polar surface area (TPSA) is 107 Å². The second-order valence-electron chi connectivity index (χ2n) is 10.9. The Morgan fingerprint density at radius 3 is 2.50 bits per heavy atom. The van der Waals surface area contributed by atoms with Crippen LogP contribution in [0.15, 0.2) is 47.8 Å². The normalized spacial score (nSPS) is 12.1. The number of rotatable bonds is 9. The summed E-state index contributed by atoms with van der Waals surface area (Å²) in [6, 6.07) is 12.4. The molecule has 1 amide bonds. The highest BCUT2D eigenvalue weighted by atomic mass is 32.2. The average molecular weight is 528 g/mol. The predicted molar refractivity (Wildman–Crippen MR) is 151 cm³/mol. The number of nitrogen functional groups attached to an aromatic ring is 1. The van der Waals surface area contributed by atoms with Gasteiger partial charge in [0, 0.05) is 43.2 Å². The second kappa shape index (κ2) is 11.1. The molecule has 0 aliphatic heterocycles. The summed E-state index contributed by atoms with van der Waals surface area (Å²) in [4.78, 5) is 22.7. The van der Waals surface area contributed by atoms with Crippen molar-refractivity contribution in [1.29, 1.82) is 0 Å². The van der Waals surface area contributed by atoms with Crippen LogP contribution in [0.25, 0.3) is 22.5 Å². The Morgan fingerprint density at radius 1 is 1.19 bits per heavy atom. The number of hydrogen-bond donors (Lipinski definition) is 2. The van der Waals surface area contributed by atoms with Crippen LogP contribution in [0.2, 0.25) is 25.7 Å². The maximum atomic E-state index is 12.1. The minimum absolute atomic E-state index is 0.338. The lowest BCUT2D eigenvalue weighted by Gasteiger charge is -2.32. The molecule has 0 spiro atoms. The summed E-state index contributed by atoms with van der Waals surface area (Å²) in [6.07, 6.45) is 2.56. The molecule has 8 nitrogen and oxygen atoms in total. The molecule has 3 rings (SSSR count). The maximum Gasteiger partial charge on any atom is 0.413 e. The number of benzene rings is 1. The van der Waals surface area contributed by atoms with Gasteiger partial charge in [-0.3, -0.25) is 9.47 Å². The van der Waals surface area contributed by atoms with Crippen molar-refractivity contribution in [2.24, 2.45) is 0 Å². The molecule has 3 N–H and O–H groups in total. The number of aromatic nitrogens is 3. The number of anilines is 2. The molecule has 0 bridgehead atoms. The lowest BCUT2D eigenvalue weighted by atomic mass is 10.0. The van der Waals surface area contributed by atoms with Crippen molar-refractivity contribution in [2.45, 2.75) is 63.9 Å². The van der Waals surface area contributed by atoms with Crippen molar-refractivity contribution in [3.63, 3.8) is 0 Å². The molecule has 0 saturated carbocycles. The van der Waals surface area contributed by atoms with E-state index >= 15 is 0 Å². The molecule has 3 aromatic rings. The number of carbonyl (C=O) groups is 1. The minimum Gasteiger partial charge on any atom is -0.465 e. The van der Waals surface area contributed by atoms with Gasteiger partial charge in [-0.2, -0.15) is 0 Å². The van der Waals surface area contributed by atoms with E-state index in [1.807, 2.05) is 57.4 Å². The summed E-state index contributed by atoms with van der Waals surface area (Å²) in [5.41, 5.74) is 9.35. The van der Waals surface area contributed by atoms with Gasteiger partial charge in [-0.15, -0.1) is 0 Å². The van der Waals surface area contributed by atoms with E-state index < -0.39 is 19.7 Å². The van der Waals surface area contributed by atoms with Crippen LogP contribution < -0.4 is 10.6 Å². The summed E-state index contributed by atoms with van der Waals surface area (Å²) >= 11 is 1.54. The smallest absolute Gasteiger partial charge is 0.413 e. The molecule has 2 aromatic heterocycles. The monoisotopic (exact) mass is 527 g/mol. The molecule has 1 aromatic carbocycles. The molecule has 2 heterocycles. The molecular weight excluding hydrogens is 490 g/mol. The summed E-state index contributed by atoms with van der Waals surface area (Å²) in [6.45, 7) is 13.5. The van der Waals surface area contributed by atoms with E-state index in [9.17, 15) is 9.90 Å². The van der Waals surface area contributed by atoms with E-state index in [0.29, 0.717) is 24.8 Å². The molecule has 0 radical (unpaired) electrons. The van der Waals surface area contributed by atoms with Gasteiger partial charge in [0.1, 0.15) is 12.5 Å². The Labute approximate surface area is 218 Å². The first kappa shape index (κ1) is 27.8. The molecule has 0 aliphatic carbocycles. The van der Waals surface area contributed by atoms with Crippen LogP contribution in [0.3, 0.4) is 0 Å². The number of nitrogens with two attached hydrogens (primary N) is 1. The Hall–Kier alpha value is -2.82. The molecule has 0 aliphatic rings. The number of imidazole rings is 1. The van der Waals surface area contributed by atoms with Crippen LogP contribution in [0.4, 0.5) is 16.3 Å². The fourth-order valence-electron chi connectivity index (χ4n) is 3.84. The van der Waals surface area contributed by atoms with Gasteiger partial charge in [0.15, 0.2) is 5.16 Å². The Balaban J connectivity index is 2.16. The zero-order valence-electron chi connectivity index (χ0n) is 22.2. The van der Waals surface area contributed by atoms with Gasteiger partial charge < -0.3 is 15.6 Å². The van der Waals surface area contributed by atoms with E-state index in [1.165, 1.54) is 16.7 Å². The molecule has 0 atom stereocenters. The first-order chi connectivity index (χ1) is 16.8. The van der Waals surface area contributed by atoms with E-state index in [4.69, 9.17) is 15.5 Å². The second-order valence-corrected chi connectivity index (χ2v) is 17.3. The van der Waals surface area contributed by atoms with Gasteiger partial charge in [-0.1, -0.05) is 43.5 Å². The quantitative estimate of drug-likeness (QED) is 0.141. The number of ether oxygens (including phenoxy) is 1. The third-order valence-corrected chi connectivity index (χ3v) is 7.98. The minimum atomic E-state index is -1.24. The van der Waals surface area contributed by atoms with E-state index in [2.05, 4.69) is 29.2 Å². The number of nitrogens with zero attached hydrogens (tertiary/aromatic N) is 4. The van der Waals surface area contributed by atoms with Crippen molar-refractivity contribution < 1.29 is 14.6 Å². The fourth-order valence-corrected chi connectivity index (χ4v) is 5.14. The van der Waals surface area contributed by atoms with Crippen LogP contribution in [-0.4, -0.2) is 52.2 Å². The van der Waals surface area contributed by atoms with Crippen molar-refractivity contribution >= 4 is 37.4 Å². The third kappa shape index (κ3) is 6.68. The van der Waals surface area contributed by atoms with Gasteiger partial charge in [-0.25, -0.2) is 14.8 Å². The number of carboxylic acid groups (broad SMARTS) is 1. The molecule has 0 unspecified atom stereocenters. The molecular formula is C26H37N5O3SSi. The van der Waals surface area contributed by atoms with Crippen molar-refractivity contribution in [2.75, 3.05) is 23.5 Å². The van der Waals surface area contributed by atoms with Gasteiger partial charge >= 0.3 is 6.09 Å². The zero-order valence-corrected chi connectivity index (χ0v) is 24.0. The molecule has 0 saturated heterocycles. The van der Waals surface area contributed by atoms with Crippen LogP contribution in [-0.2, 0) is 11.5 Å². The SMILES string of the molecule is CSc1nc(-c2cccc(N)c2)c(-c2ccnc(N(C(=O)O)C(C)(C)C)c2)n1COCC[Si](C)(C)C. The highest BCUT2D eigenvalue weighted by molar-refractivity contribution is 7.98. The first-order valence-electron chi connectivity index (χ1n) is 11.9. The number of pyridine rings is 1. The lowest BCUT2D eigenvalue weighted by molar-refractivity contribution is 0.0825. The van der Waals surface area contributed by atoms with E-state index in [0.717, 1.165) is 33.7 Å². The van der Waals surface area contributed by atoms with Crippen LogP contribution in [0.1, 0.15) is 20.8 Å². The van der Waals surface area contributed by atoms with Crippen molar-refractivity contribution in [3.8, 4) is 22.5 Å². The third-order valence-electron chi connectivity index (χ3n) is 5.60. The highest BCUT2D eigenvalue weighted by Crippen LogP contribution is 2.37. The summed E-state index contributed by atoms with van der Waals surface area (Å²) in [5, 5.41) is 10.7. The van der Waals surface area contributed by atoms with E-state index in [-0.39, 0.29) is 0 Å². The summed E-state index contributed by atoms with van der Waals surface area (Å²) < 4.78 is 8.19. The summed E-state index contributed by atoms with van der Waals surface area (Å²) in [7, 11) is -1.24. The largest absolute Gasteiger partial charge is 0.465 e. The highest BCUT2D eigenvalue weighted by Gasteiger charge is 2.30. The van der Waals surface area contributed by atoms with Gasteiger partial charge in [0.2, 0.25) is 0 Å². The number of hydrogen-bond acceptors (Lipinski definition) is 6. The van der Waals surface area contributed by atoms with Gasteiger partial charge in [-0.05, 0) is 57.3 Å². The van der Waals surface area contributed by atoms with Crippen LogP contribution >= 0.6 is 11.8 Å². The number of amides is 1. The Morgan fingerprint density at radius 2 is 1.92 bits per heavy atom. The van der Waals surface area contributed by atoms with Gasteiger partial charge in [0.25, 0.3) is 0 Å². The number of thioether (sulfide) groups is 1. The van der Waals surface area contributed by atoms with E-state index in [1.54, 1.807) is 12.3 Å². The molecule has 0 fully saturated rings. The maximum absolute atomic E-state index is 12.1. The average Bonchev–Trinajstić information content (AvgIpc) is 3.13. The van der Waals surface area contributed by atoms with Crippen molar-refractivity contribution in [1.82, 2.24) is 14.5 Å². The Bertz CT molecular complexity index is 1220. The predicted octanol–water partition coefficient (Wildman–Crippen LogP) is 6.51. The van der Waals surface area contributed by atoms with Gasteiger partial charge in [0.05, 0.1) is 11.4 Å². The standard InChI is InChI=1S/C26H37N5O3SSi/c1-26(2,3)31(25(32)33)21-16-19(11-12-28-21)23-22(18-9-8-10-20(27)15-18)29-24(35-4)30(23)17-34-13-14-36(5,6)7/h8-12,15-16H,13-14,17,27H2,1-7H3,(H,32,33). The van der Waals surface area contributed by atoms with Crippen LogP contribution in [0, 0.1) is 0 Å².